The van der Waals surface area contributed by atoms with E-state index in [-0.39, 0.29) is 5.78 Å². The molecule has 0 radical (unpaired) electrons. The highest BCUT2D eigenvalue weighted by atomic mass is 16.5. The van der Waals surface area contributed by atoms with E-state index in [1.807, 2.05) is 36.0 Å². The third-order valence-electron chi connectivity index (χ3n) is 2.78. The van der Waals surface area contributed by atoms with Crippen LogP contribution in [-0.2, 0) is 23.0 Å². The molecule has 0 bridgehead atoms. The van der Waals surface area contributed by atoms with Crippen molar-refractivity contribution in [1.82, 2.24) is 9.78 Å². The van der Waals surface area contributed by atoms with Gasteiger partial charge in [-0.1, -0.05) is 18.2 Å². The quantitative estimate of drug-likeness (QED) is 0.788. The predicted molar refractivity (Wildman–Crippen MR) is 65.9 cm³/mol. The Morgan fingerprint density at radius 1 is 1.41 bits per heavy atom. The Morgan fingerprint density at radius 3 is 2.94 bits per heavy atom. The smallest absolute Gasteiger partial charge is 0.141 e. The fourth-order valence-corrected chi connectivity index (χ4v) is 1.91. The number of fused-ring (bicyclic) bond motifs is 1. The minimum absolute atomic E-state index is 0.163. The van der Waals surface area contributed by atoms with E-state index in [1.165, 1.54) is 0 Å². The van der Waals surface area contributed by atoms with Crippen molar-refractivity contribution in [3.05, 3.63) is 30.0 Å². The molecule has 0 N–H and O–H groups in total. The Morgan fingerprint density at radius 2 is 2.18 bits per heavy atom. The second kappa shape index (κ2) is 5.10. The Hall–Kier alpha value is -1.68. The topological polar surface area (TPSA) is 44.1 Å². The molecule has 90 valence electrons. The van der Waals surface area contributed by atoms with Crippen LogP contribution in [0.4, 0.5) is 0 Å². The van der Waals surface area contributed by atoms with Crippen LogP contribution in [0.1, 0.15) is 12.1 Å². The van der Waals surface area contributed by atoms with Crippen molar-refractivity contribution in [3.8, 4) is 0 Å². The van der Waals surface area contributed by atoms with Crippen LogP contribution in [-0.4, -0.2) is 29.3 Å². The molecule has 2 rings (SSSR count). The third-order valence-corrected chi connectivity index (χ3v) is 2.78. The van der Waals surface area contributed by atoms with E-state index in [0.29, 0.717) is 19.4 Å². The van der Waals surface area contributed by atoms with Gasteiger partial charge in [0.15, 0.2) is 0 Å². The minimum Gasteiger partial charge on any atom is -0.384 e. The molecule has 0 fully saturated rings. The van der Waals surface area contributed by atoms with Gasteiger partial charge in [-0.05, 0) is 6.07 Å². The summed E-state index contributed by atoms with van der Waals surface area (Å²) in [4.78, 5) is 11.7. The molecule has 1 aromatic heterocycles. The molecule has 0 aliphatic heterocycles. The van der Waals surface area contributed by atoms with E-state index < -0.39 is 0 Å². The summed E-state index contributed by atoms with van der Waals surface area (Å²) in [6.07, 6.45) is 0.826. The Bertz CT molecular complexity index is 531. The zero-order valence-electron chi connectivity index (χ0n) is 10.1. The summed E-state index contributed by atoms with van der Waals surface area (Å²) in [6.45, 7) is 0.476. The number of nitrogens with zero attached hydrogens (tertiary/aromatic N) is 2. The molecule has 0 saturated heterocycles. The molecule has 0 aliphatic carbocycles. The number of ketones is 1. The van der Waals surface area contributed by atoms with Gasteiger partial charge in [0.2, 0.25) is 0 Å². The van der Waals surface area contributed by atoms with Gasteiger partial charge in [-0.25, -0.2) is 0 Å². The maximum absolute atomic E-state index is 11.7. The van der Waals surface area contributed by atoms with Gasteiger partial charge in [-0.15, -0.1) is 0 Å². The number of carbonyl (C=O) groups excluding carboxylic acids is 1. The lowest BCUT2D eigenvalue weighted by Gasteiger charge is -1.98. The van der Waals surface area contributed by atoms with Gasteiger partial charge in [0.25, 0.3) is 0 Å². The third kappa shape index (κ3) is 2.53. The monoisotopic (exact) mass is 232 g/mol. The summed E-state index contributed by atoms with van der Waals surface area (Å²) in [5, 5.41) is 5.45. The molecule has 0 atom stereocenters. The van der Waals surface area contributed by atoms with Crippen LogP contribution >= 0.6 is 0 Å². The Labute approximate surface area is 100 Å². The molecule has 0 saturated carbocycles. The van der Waals surface area contributed by atoms with Gasteiger partial charge in [0.05, 0.1) is 24.2 Å². The second-order valence-electron chi connectivity index (χ2n) is 4.05. The average Bonchev–Trinajstić information content (AvgIpc) is 2.65. The fraction of sp³-hybridized carbons (Fsp3) is 0.385. The predicted octanol–water partition coefficient (Wildman–Crippen LogP) is 1.72. The highest BCUT2D eigenvalue weighted by Gasteiger charge is 2.11. The fourth-order valence-electron chi connectivity index (χ4n) is 1.91. The highest BCUT2D eigenvalue weighted by Crippen LogP contribution is 2.18. The lowest BCUT2D eigenvalue weighted by molar-refractivity contribution is -0.119. The normalized spacial score (nSPS) is 10.9. The van der Waals surface area contributed by atoms with Gasteiger partial charge >= 0.3 is 0 Å². The lowest BCUT2D eigenvalue weighted by atomic mass is 10.1. The lowest BCUT2D eigenvalue weighted by Crippen LogP contribution is -2.07. The standard InChI is InChI=1S/C13H16N2O2/c1-15-13-6-4-3-5-11(13)12(14-15)9-10(16)7-8-17-2/h3-6H,7-9H2,1-2H3. The van der Waals surface area contributed by atoms with Crippen LogP contribution in [0, 0.1) is 0 Å². The zero-order valence-corrected chi connectivity index (χ0v) is 10.1. The SMILES string of the molecule is COCCC(=O)Cc1nn(C)c2ccccc12. The summed E-state index contributed by atoms with van der Waals surface area (Å²) in [7, 11) is 3.49. The molecule has 1 aromatic carbocycles. The van der Waals surface area contributed by atoms with E-state index in [2.05, 4.69) is 5.10 Å². The van der Waals surface area contributed by atoms with E-state index >= 15 is 0 Å². The number of para-hydroxylation sites is 1. The van der Waals surface area contributed by atoms with Crippen molar-refractivity contribution in [2.45, 2.75) is 12.8 Å². The number of Topliss-reactive ketones (excluding diaryl/α,β-unsaturated/α-hetero) is 1. The number of hydrogen-bond donors (Lipinski definition) is 0. The van der Waals surface area contributed by atoms with Gasteiger partial charge in [0.1, 0.15) is 5.78 Å². The Kier molecular flexibility index (Phi) is 3.54. The highest BCUT2D eigenvalue weighted by molar-refractivity contribution is 5.88. The van der Waals surface area contributed by atoms with Crippen molar-refractivity contribution < 1.29 is 9.53 Å². The summed E-state index contributed by atoms with van der Waals surface area (Å²) in [6, 6.07) is 7.94. The summed E-state index contributed by atoms with van der Waals surface area (Å²) in [5.41, 5.74) is 1.91. The number of hydrogen-bond acceptors (Lipinski definition) is 3. The molecule has 0 unspecified atom stereocenters. The Balaban J connectivity index is 2.21. The minimum atomic E-state index is 0.163. The number of carbonyl (C=O) groups is 1. The van der Waals surface area contributed by atoms with Crippen LogP contribution in [0.5, 0.6) is 0 Å². The number of ether oxygens (including phenoxy) is 1. The van der Waals surface area contributed by atoms with Crippen LogP contribution in [0.15, 0.2) is 24.3 Å². The van der Waals surface area contributed by atoms with E-state index in [0.717, 1.165) is 16.6 Å². The number of rotatable bonds is 5. The van der Waals surface area contributed by atoms with E-state index in [1.54, 1.807) is 7.11 Å². The molecule has 0 spiro atoms. The largest absolute Gasteiger partial charge is 0.384 e. The molecule has 1 heterocycles. The molecular weight excluding hydrogens is 216 g/mol. The maximum Gasteiger partial charge on any atom is 0.141 e. The van der Waals surface area contributed by atoms with Crippen molar-refractivity contribution in [2.75, 3.05) is 13.7 Å². The van der Waals surface area contributed by atoms with Gasteiger partial charge in [-0.2, -0.15) is 5.10 Å². The number of benzene rings is 1. The molecular formula is C13H16N2O2. The number of methoxy groups -OCH3 is 1. The van der Waals surface area contributed by atoms with E-state index in [9.17, 15) is 4.79 Å². The zero-order chi connectivity index (χ0) is 12.3. The summed E-state index contributed by atoms with van der Waals surface area (Å²) < 4.78 is 6.71. The number of aryl methyl sites for hydroxylation is 1. The first-order valence-electron chi connectivity index (χ1n) is 5.63. The first kappa shape index (κ1) is 11.8. The molecule has 17 heavy (non-hydrogen) atoms. The van der Waals surface area contributed by atoms with Crippen LogP contribution in [0.2, 0.25) is 0 Å². The van der Waals surface area contributed by atoms with Crippen LogP contribution in [0.3, 0.4) is 0 Å². The molecule has 0 aliphatic rings. The number of aromatic nitrogens is 2. The summed E-state index contributed by atoms with van der Waals surface area (Å²) >= 11 is 0. The molecule has 4 heteroatoms. The van der Waals surface area contributed by atoms with Crippen molar-refractivity contribution in [3.63, 3.8) is 0 Å². The molecule has 4 nitrogen and oxygen atoms in total. The van der Waals surface area contributed by atoms with Crippen LogP contribution in [0.25, 0.3) is 10.9 Å². The van der Waals surface area contributed by atoms with Crippen molar-refractivity contribution in [1.29, 1.82) is 0 Å². The summed E-state index contributed by atoms with van der Waals surface area (Å²) in [5.74, 6) is 0.163. The van der Waals surface area contributed by atoms with Gasteiger partial charge < -0.3 is 4.74 Å². The maximum atomic E-state index is 11.7. The van der Waals surface area contributed by atoms with Gasteiger partial charge in [0, 0.05) is 26.0 Å². The molecule has 2 aromatic rings. The average molecular weight is 232 g/mol. The van der Waals surface area contributed by atoms with Crippen molar-refractivity contribution >= 4 is 16.7 Å². The van der Waals surface area contributed by atoms with Gasteiger partial charge in [-0.3, -0.25) is 9.48 Å². The van der Waals surface area contributed by atoms with Crippen molar-refractivity contribution in [2.24, 2.45) is 7.05 Å². The first-order chi connectivity index (χ1) is 8.22. The molecule has 0 amide bonds. The van der Waals surface area contributed by atoms with E-state index in [4.69, 9.17) is 4.74 Å². The second-order valence-corrected chi connectivity index (χ2v) is 4.05. The first-order valence-corrected chi connectivity index (χ1v) is 5.63. The van der Waals surface area contributed by atoms with Crippen LogP contribution < -0.4 is 0 Å².